The van der Waals surface area contributed by atoms with E-state index in [0.717, 1.165) is 12.1 Å². The van der Waals surface area contributed by atoms with E-state index in [2.05, 4.69) is 0 Å². The molecule has 6 heteroatoms. The zero-order valence-electron chi connectivity index (χ0n) is 9.43. The Kier molecular flexibility index (Phi) is 4.04. The minimum atomic E-state index is -1.11. The van der Waals surface area contributed by atoms with Crippen LogP contribution in [-0.4, -0.2) is 0 Å². The summed E-state index contributed by atoms with van der Waals surface area (Å²) < 4.78 is 39.9. The van der Waals surface area contributed by atoms with Crippen LogP contribution in [0, 0.1) is 17.5 Å². The van der Waals surface area contributed by atoms with Crippen molar-refractivity contribution in [1.29, 1.82) is 0 Å². The predicted octanol–water partition coefficient (Wildman–Crippen LogP) is 4.46. The summed E-state index contributed by atoms with van der Waals surface area (Å²) in [5, 5.41) is -0.000908. The van der Waals surface area contributed by atoms with Crippen LogP contribution in [0.2, 0.25) is 10.0 Å². The third-order valence-corrected chi connectivity index (χ3v) is 3.34. The maximum Gasteiger partial charge on any atom is 0.160 e. The third kappa shape index (κ3) is 2.71. The van der Waals surface area contributed by atoms with Crippen molar-refractivity contribution >= 4 is 23.2 Å². The molecule has 0 heterocycles. The van der Waals surface area contributed by atoms with Gasteiger partial charge in [0.15, 0.2) is 11.6 Å². The highest BCUT2D eigenvalue weighted by Crippen LogP contribution is 2.33. The molecule has 0 saturated carbocycles. The Bertz CT molecular complexity index is 611. The molecule has 0 aliphatic carbocycles. The minimum Gasteiger partial charge on any atom is -0.320 e. The van der Waals surface area contributed by atoms with Gasteiger partial charge in [-0.1, -0.05) is 29.3 Å². The largest absolute Gasteiger partial charge is 0.320 e. The molecule has 1 unspecified atom stereocenters. The average molecular weight is 306 g/mol. The summed E-state index contributed by atoms with van der Waals surface area (Å²) in [6, 6.07) is 4.59. The number of hydrogen-bond acceptors (Lipinski definition) is 1. The van der Waals surface area contributed by atoms with Crippen molar-refractivity contribution in [2.75, 3.05) is 0 Å². The Balaban J connectivity index is 2.56. The average Bonchev–Trinajstić information content (AvgIpc) is 2.33. The SMILES string of the molecule is NC(c1cc(F)c(F)cc1Cl)c1c(F)cccc1Cl. The molecule has 0 radical (unpaired) electrons. The third-order valence-electron chi connectivity index (χ3n) is 2.69. The van der Waals surface area contributed by atoms with Crippen LogP contribution < -0.4 is 5.73 Å². The predicted molar refractivity (Wildman–Crippen MR) is 68.8 cm³/mol. The van der Waals surface area contributed by atoms with Gasteiger partial charge in [-0.25, -0.2) is 13.2 Å². The van der Waals surface area contributed by atoms with Gasteiger partial charge in [0.05, 0.1) is 6.04 Å². The van der Waals surface area contributed by atoms with Crippen molar-refractivity contribution < 1.29 is 13.2 Å². The zero-order chi connectivity index (χ0) is 14.2. The first-order valence-electron chi connectivity index (χ1n) is 5.25. The first-order valence-corrected chi connectivity index (χ1v) is 6.01. The van der Waals surface area contributed by atoms with Crippen molar-refractivity contribution in [2.24, 2.45) is 5.73 Å². The van der Waals surface area contributed by atoms with E-state index < -0.39 is 23.5 Å². The van der Waals surface area contributed by atoms with E-state index in [1.54, 1.807) is 0 Å². The van der Waals surface area contributed by atoms with Crippen molar-refractivity contribution in [3.63, 3.8) is 0 Å². The molecular formula is C13H8Cl2F3N. The molecule has 0 aliphatic rings. The van der Waals surface area contributed by atoms with Crippen LogP contribution in [0.1, 0.15) is 17.2 Å². The maximum absolute atomic E-state index is 13.7. The highest BCUT2D eigenvalue weighted by molar-refractivity contribution is 6.32. The van der Waals surface area contributed by atoms with Gasteiger partial charge in [0.25, 0.3) is 0 Å². The Morgan fingerprint density at radius 3 is 2.16 bits per heavy atom. The first kappa shape index (κ1) is 14.2. The maximum atomic E-state index is 13.7. The molecular weight excluding hydrogens is 298 g/mol. The number of halogens is 5. The quantitative estimate of drug-likeness (QED) is 0.815. The minimum absolute atomic E-state index is 0.0166. The molecule has 1 atom stereocenters. The van der Waals surface area contributed by atoms with Gasteiger partial charge in [-0.05, 0) is 29.8 Å². The van der Waals surface area contributed by atoms with Crippen LogP contribution >= 0.6 is 23.2 Å². The van der Waals surface area contributed by atoms with Crippen LogP contribution in [0.25, 0.3) is 0 Å². The van der Waals surface area contributed by atoms with Crippen LogP contribution in [0.5, 0.6) is 0 Å². The second-order valence-corrected chi connectivity index (χ2v) is 4.72. The Morgan fingerprint density at radius 2 is 1.53 bits per heavy atom. The van der Waals surface area contributed by atoms with Crippen molar-refractivity contribution in [2.45, 2.75) is 6.04 Å². The Labute approximate surface area is 117 Å². The summed E-state index contributed by atoms with van der Waals surface area (Å²) in [5.41, 5.74) is 5.89. The smallest absolute Gasteiger partial charge is 0.160 e. The molecule has 0 bridgehead atoms. The summed E-state index contributed by atoms with van der Waals surface area (Å²) in [6.07, 6.45) is 0. The van der Waals surface area contributed by atoms with E-state index in [1.165, 1.54) is 18.2 Å². The van der Waals surface area contributed by atoms with Crippen molar-refractivity contribution in [1.82, 2.24) is 0 Å². The molecule has 0 aliphatic heterocycles. The second-order valence-electron chi connectivity index (χ2n) is 3.90. The van der Waals surface area contributed by atoms with E-state index >= 15 is 0 Å². The molecule has 0 fully saturated rings. The van der Waals surface area contributed by atoms with Crippen LogP contribution in [-0.2, 0) is 0 Å². The molecule has 2 aromatic carbocycles. The van der Waals surface area contributed by atoms with E-state index in [9.17, 15) is 13.2 Å². The summed E-state index contributed by atoms with van der Waals surface area (Å²) >= 11 is 11.7. The van der Waals surface area contributed by atoms with Crippen molar-refractivity contribution in [3.05, 3.63) is 69.0 Å². The zero-order valence-corrected chi connectivity index (χ0v) is 10.9. The molecule has 0 spiro atoms. The highest BCUT2D eigenvalue weighted by Gasteiger charge is 2.21. The molecule has 0 amide bonds. The molecule has 1 nitrogen and oxygen atoms in total. The lowest BCUT2D eigenvalue weighted by Crippen LogP contribution is -2.15. The summed E-state index contributed by atoms with van der Waals surface area (Å²) in [4.78, 5) is 0. The number of benzene rings is 2. The van der Waals surface area contributed by atoms with Gasteiger partial charge >= 0.3 is 0 Å². The first-order chi connectivity index (χ1) is 8.91. The van der Waals surface area contributed by atoms with Gasteiger partial charge in [0.2, 0.25) is 0 Å². The fourth-order valence-electron chi connectivity index (χ4n) is 1.74. The summed E-state index contributed by atoms with van der Waals surface area (Å²) in [7, 11) is 0. The Morgan fingerprint density at radius 1 is 0.895 bits per heavy atom. The van der Waals surface area contributed by atoms with Gasteiger partial charge in [-0.15, -0.1) is 0 Å². The lowest BCUT2D eigenvalue weighted by atomic mass is 9.98. The van der Waals surface area contributed by atoms with Gasteiger partial charge < -0.3 is 5.73 Å². The topological polar surface area (TPSA) is 26.0 Å². The fourth-order valence-corrected chi connectivity index (χ4v) is 2.29. The highest BCUT2D eigenvalue weighted by atomic mass is 35.5. The summed E-state index contributed by atoms with van der Waals surface area (Å²) in [5.74, 6) is -2.84. The molecule has 2 N–H and O–H groups in total. The molecule has 2 aromatic rings. The lowest BCUT2D eigenvalue weighted by Gasteiger charge is -2.16. The van der Waals surface area contributed by atoms with Crippen LogP contribution in [0.3, 0.4) is 0 Å². The lowest BCUT2D eigenvalue weighted by molar-refractivity contribution is 0.506. The fraction of sp³-hybridized carbons (Fsp3) is 0.0769. The number of nitrogens with two attached hydrogens (primary N) is 1. The van der Waals surface area contributed by atoms with Gasteiger partial charge in [-0.3, -0.25) is 0 Å². The van der Waals surface area contributed by atoms with E-state index in [1.807, 2.05) is 0 Å². The van der Waals surface area contributed by atoms with Gasteiger partial charge in [0, 0.05) is 15.6 Å². The standard InChI is InChI=1S/C13H8Cl2F3N/c14-7-2-1-3-9(16)12(7)13(19)6-4-10(17)11(18)5-8(6)15/h1-5,13H,19H2. The number of hydrogen-bond donors (Lipinski definition) is 1. The molecule has 0 aromatic heterocycles. The summed E-state index contributed by atoms with van der Waals surface area (Å²) in [6.45, 7) is 0. The molecule has 100 valence electrons. The molecule has 0 saturated heterocycles. The van der Waals surface area contributed by atoms with E-state index in [0.29, 0.717) is 0 Å². The normalized spacial score (nSPS) is 12.5. The number of rotatable bonds is 2. The van der Waals surface area contributed by atoms with E-state index in [4.69, 9.17) is 28.9 Å². The van der Waals surface area contributed by atoms with Crippen molar-refractivity contribution in [3.8, 4) is 0 Å². The Hall–Kier alpha value is -1.23. The monoisotopic (exact) mass is 305 g/mol. The second kappa shape index (κ2) is 5.41. The van der Waals surface area contributed by atoms with Gasteiger partial charge in [0.1, 0.15) is 5.82 Å². The molecule has 19 heavy (non-hydrogen) atoms. The molecule has 2 rings (SSSR count). The van der Waals surface area contributed by atoms with Crippen LogP contribution in [0.15, 0.2) is 30.3 Å². The van der Waals surface area contributed by atoms with Gasteiger partial charge in [-0.2, -0.15) is 0 Å². The van der Waals surface area contributed by atoms with Crippen LogP contribution in [0.4, 0.5) is 13.2 Å². The van der Waals surface area contributed by atoms with E-state index in [-0.39, 0.29) is 21.2 Å².